The van der Waals surface area contributed by atoms with Gasteiger partial charge in [0.25, 0.3) is 5.91 Å². The average Bonchev–Trinajstić information content (AvgIpc) is 3.24. The molecule has 0 aliphatic carbocycles. The lowest BCUT2D eigenvalue weighted by Gasteiger charge is -2.32. The van der Waals surface area contributed by atoms with Crippen LogP contribution in [-0.2, 0) is 22.7 Å². The highest BCUT2D eigenvalue weighted by Gasteiger charge is 2.27. The number of carbonyl (C=O) groups excluding carboxylic acids is 3. The van der Waals surface area contributed by atoms with Crippen molar-refractivity contribution >= 4 is 23.3 Å². The van der Waals surface area contributed by atoms with Crippen molar-refractivity contribution in [3.63, 3.8) is 0 Å². The summed E-state index contributed by atoms with van der Waals surface area (Å²) >= 11 is 0. The normalized spacial score (nSPS) is 12.5. The molecule has 8 heteroatoms. The lowest BCUT2D eigenvalue weighted by molar-refractivity contribution is -0.145. The lowest BCUT2D eigenvalue weighted by Crippen LogP contribution is -2.48. The van der Waals surface area contributed by atoms with Gasteiger partial charge in [0, 0.05) is 37.9 Å². The minimum absolute atomic E-state index is 0. The first-order valence-electron chi connectivity index (χ1n) is 12.1. The van der Waals surface area contributed by atoms with Gasteiger partial charge in [0.2, 0.25) is 5.91 Å². The van der Waals surface area contributed by atoms with Crippen molar-refractivity contribution in [2.24, 2.45) is 0 Å². The number of fused-ring (bicyclic) bond motifs is 1. The number of Topliss-reactive ketones (excluding diaryl/α,β-unsaturated/α-hetero) is 1. The van der Waals surface area contributed by atoms with E-state index in [-0.39, 0.29) is 43.9 Å². The molecule has 0 bridgehead atoms. The molecule has 0 saturated heterocycles. The third kappa shape index (κ3) is 7.37. The Kier molecular flexibility index (Phi) is 10.6. The van der Waals surface area contributed by atoms with Crippen molar-refractivity contribution in [1.29, 1.82) is 0 Å². The van der Waals surface area contributed by atoms with Gasteiger partial charge in [-0.05, 0) is 55.2 Å². The minimum Gasteiger partial charge on any atom is -0.355 e. The third-order valence-corrected chi connectivity index (χ3v) is 6.38. The number of halogens is 1. The molecule has 0 atom stereocenters. The largest absolute Gasteiger partial charge is 0.355 e. The fraction of sp³-hybridized carbons (Fsp3) is 0.464. The van der Waals surface area contributed by atoms with Gasteiger partial charge in [-0.25, -0.2) is 9.40 Å². The van der Waals surface area contributed by atoms with Crippen molar-refractivity contribution in [2.75, 3.05) is 31.6 Å². The van der Waals surface area contributed by atoms with E-state index in [9.17, 15) is 18.8 Å². The fourth-order valence-electron chi connectivity index (χ4n) is 4.21. The van der Waals surface area contributed by atoms with Crippen molar-refractivity contribution in [3.8, 4) is 0 Å². The summed E-state index contributed by atoms with van der Waals surface area (Å²) < 4.78 is 13.6. The van der Waals surface area contributed by atoms with Gasteiger partial charge in [0.15, 0.2) is 5.78 Å². The van der Waals surface area contributed by atoms with Gasteiger partial charge in [-0.3, -0.25) is 19.4 Å². The number of hydrogen-bond donors (Lipinski definition) is 1. The first kappa shape index (κ1) is 29.0. The van der Waals surface area contributed by atoms with Crippen molar-refractivity contribution in [3.05, 3.63) is 64.5 Å². The summed E-state index contributed by atoms with van der Waals surface area (Å²) in [6.07, 6.45) is 3.00. The van der Waals surface area contributed by atoms with Gasteiger partial charge >= 0.3 is 0 Å². The average molecular weight is 499 g/mol. The van der Waals surface area contributed by atoms with Gasteiger partial charge in [-0.1, -0.05) is 45.4 Å². The van der Waals surface area contributed by atoms with Crippen LogP contribution in [0.5, 0.6) is 0 Å². The summed E-state index contributed by atoms with van der Waals surface area (Å²) in [6, 6.07) is 9.99. The molecule has 0 radical (unpaired) electrons. The standard InChI is InChI=1S/C27H35FN4O3.CH4/c1-5-6-7-12-29-26(34)17-31(25-14-21(20(3)33)9-8-19(25)2)18-27(35)30(4)32-15-22-10-11-24(28)13-23(22)16-32;/h8-11,13-14H,5-7,12,15-18H2,1-4H3,(H,29,34);1H4. The molecule has 1 heterocycles. The summed E-state index contributed by atoms with van der Waals surface area (Å²) in [5.74, 6) is -0.754. The molecule has 2 aromatic rings. The number of likely N-dealkylation sites (N-methyl/N-ethyl adjacent to an activating group) is 1. The summed E-state index contributed by atoms with van der Waals surface area (Å²) in [5.41, 5.74) is 3.91. The molecule has 0 spiro atoms. The Morgan fingerprint density at radius 2 is 1.75 bits per heavy atom. The van der Waals surface area contributed by atoms with E-state index in [1.165, 1.54) is 24.1 Å². The molecular weight excluding hydrogens is 459 g/mol. The highest BCUT2D eigenvalue weighted by Crippen LogP contribution is 2.26. The van der Waals surface area contributed by atoms with E-state index in [1.54, 1.807) is 30.1 Å². The second kappa shape index (κ2) is 13.2. The van der Waals surface area contributed by atoms with E-state index in [2.05, 4.69) is 12.2 Å². The number of anilines is 1. The Morgan fingerprint density at radius 1 is 1.03 bits per heavy atom. The zero-order valence-corrected chi connectivity index (χ0v) is 21.1. The number of nitrogens with one attached hydrogen (secondary N) is 1. The van der Waals surface area contributed by atoms with Crippen molar-refractivity contribution in [2.45, 2.75) is 60.5 Å². The maximum Gasteiger partial charge on any atom is 0.256 e. The third-order valence-electron chi connectivity index (χ3n) is 6.38. The minimum atomic E-state index is -0.295. The number of ketones is 1. The van der Waals surface area contributed by atoms with E-state index in [0.717, 1.165) is 36.0 Å². The van der Waals surface area contributed by atoms with E-state index >= 15 is 0 Å². The number of amides is 2. The molecule has 1 N–H and O–H groups in total. The predicted octanol–water partition coefficient (Wildman–Crippen LogP) is 4.47. The van der Waals surface area contributed by atoms with Crippen LogP contribution < -0.4 is 10.2 Å². The van der Waals surface area contributed by atoms with E-state index < -0.39 is 0 Å². The monoisotopic (exact) mass is 498 g/mol. The molecule has 0 fully saturated rings. The molecule has 36 heavy (non-hydrogen) atoms. The zero-order chi connectivity index (χ0) is 25.5. The Balaban J connectivity index is 0.00000456. The number of nitrogens with zero attached hydrogens (tertiary/aromatic N) is 3. The molecule has 196 valence electrons. The molecular formula is C28H39FN4O3. The highest BCUT2D eigenvalue weighted by molar-refractivity contribution is 5.96. The topological polar surface area (TPSA) is 73.0 Å². The van der Waals surface area contributed by atoms with E-state index in [1.807, 2.05) is 18.0 Å². The molecule has 1 aliphatic rings. The second-order valence-corrected chi connectivity index (χ2v) is 9.12. The molecule has 2 amide bonds. The summed E-state index contributed by atoms with van der Waals surface area (Å²) in [5, 5.41) is 6.32. The molecule has 0 unspecified atom stereocenters. The number of rotatable bonds is 11. The van der Waals surface area contributed by atoms with E-state index in [4.69, 9.17) is 0 Å². The number of hydrazine groups is 1. The van der Waals surface area contributed by atoms with Crippen LogP contribution in [-0.4, -0.2) is 54.3 Å². The van der Waals surface area contributed by atoms with Gasteiger partial charge in [0.05, 0.1) is 13.1 Å². The van der Waals surface area contributed by atoms with E-state index in [0.29, 0.717) is 30.9 Å². The number of hydrogen-bond acceptors (Lipinski definition) is 5. The zero-order valence-electron chi connectivity index (χ0n) is 21.1. The number of benzene rings is 2. The molecule has 1 aliphatic heterocycles. The van der Waals surface area contributed by atoms with Crippen molar-refractivity contribution in [1.82, 2.24) is 15.3 Å². The van der Waals surface area contributed by atoms with Gasteiger partial charge < -0.3 is 10.2 Å². The lowest BCUT2D eigenvalue weighted by atomic mass is 10.1. The number of carbonyl (C=O) groups is 3. The molecule has 0 aromatic heterocycles. The SMILES string of the molecule is C.CCCCCNC(=O)CN(CC(=O)N(C)N1Cc2ccc(F)cc2C1)c1cc(C(C)=O)ccc1C. The quantitative estimate of drug-likeness (QED) is 0.365. The Hall–Kier alpha value is -3.26. The second-order valence-electron chi connectivity index (χ2n) is 9.12. The summed E-state index contributed by atoms with van der Waals surface area (Å²) in [7, 11) is 1.69. The van der Waals surface area contributed by atoms with Gasteiger partial charge in [-0.2, -0.15) is 0 Å². The van der Waals surface area contributed by atoms with Crippen LogP contribution in [0.1, 0.15) is 67.6 Å². The molecule has 0 saturated carbocycles. The predicted molar refractivity (Wildman–Crippen MR) is 141 cm³/mol. The Labute approximate surface area is 214 Å². The Bertz CT molecular complexity index is 1090. The smallest absolute Gasteiger partial charge is 0.256 e. The Morgan fingerprint density at radius 3 is 2.44 bits per heavy atom. The van der Waals surface area contributed by atoms with Crippen molar-refractivity contribution < 1.29 is 18.8 Å². The van der Waals surface area contributed by atoms with Crippen LogP contribution in [0.25, 0.3) is 0 Å². The van der Waals surface area contributed by atoms with Crippen LogP contribution in [0.2, 0.25) is 0 Å². The fourth-order valence-corrected chi connectivity index (χ4v) is 4.21. The highest BCUT2D eigenvalue weighted by atomic mass is 19.1. The number of aryl methyl sites for hydroxylation is 1. The van der Waals surface area contributed by atoms with Crippen LogP contribution in [0.15, 0.2) is 36.4 Å². The van der Waals surface area contributed by atoms with Crippen LogP contribution in [0.3, 0.4) is 0 Å². The van der Waals surface area contributed by atoms with Crippen LogP contribution >= 0.6 is 0 Å². The number of unbranched alkanes of at least 4 members (excludes halogenated alkanes) is 2. The first-order chi connectivity index (χ1) is 16.7. The van der Waals surface area contributed by atoms with Gasteiger partial charge in [0.1, 0.15) is 5.82 Å². The molecule has 3 rings (SSSR count). The molecule has 7 nitrogen and oxygen atoms in total. The first-order valence-corrected chi connectivity index (χ1v) is 12.1. The van der Waals surface area contributed by atoms with Crippen LogP contribution in [0, 0.1) is 12.7 Å². The maximum atomic E-state index is 13.6. The summed E-state index contributed by atoms with van der Waals surface area (Å²) in [4.78, 5) is 39.7. The van der Waals surface area contributed by atoms with Crippen LogP contribution in [0.4, 0.5) is 10.1 Å². The summed E-state index contributed by atoms with van der Waals surface area (Å²) in [6.45, 7) is 6.98. The molecule has 2 aromatic carbocycles. The maximum absolute atomic E-state index is 13.6. The van der Waals surface area contributed by atoms with Gasteiger partial charge in [-0.15, -0.1) is 0 Å².